The second-order valence-electron chi connectivity index (χ2n) is 5.24. The van der Waals surface area contributed by atoms with Gasteiger partial charge in [0.2, 0.25) is 5.91 Å². The highest BCUT2D eigenvalue weighted by molar-refractivity contribution is 5.83. The standard InChI is InChI=1S/C13H24N2O3/c1-9-5-4-6-10(2)15(9)8-7-12(16)14-11(3)13(17)18/h9-11H,4-8H2,1-3H3,(H,14,16)(H,17,18). The van der Waals surface area contributed by atoms with Crippen LogP contribution in [0, 0.1) is 0 Å². The zero-order chi connectivity index (χ0) is 13.7. The quantitative estimate of drug-likeness (QED) is 0.776. The number of nitrogens with one attached hydrogen (secondary N) is 1. The van der Waals surface area contributed by atoms with Gasteiger partial charge in [-0.1, -0.05) is 6.42 Å². The minimum absolute atomic E-state index is 0.185. The molecule has 0 aliphatic carbocycles. The van der Waals surface area contributed by atoms with E-state index in [0.29, 0.717) is 25.0 Å². The fourth-order valence-electron chi connectivity index (χ4n) is 2.52. The maximum atomic E-state index is 11.6. The van der Waals surface area contributed by atoms with E-state index < -0.39 is 12.0 Å². The predicted octanol–water partition coefficient (Wildman–Crippen LogP) is 1.23. The van der Waals surface area contributed by atoms with E-state index in [1.54, 1.807) is 0 Å². The number of carbonyl (C=O) groups excluding carboxylic acids is 1. The monoisotopic (exact) mass is 256 g/mol. The first kappa shape index (κ1) is 15.0. The number of aliphatic carboxylic acids is 1. The van der Waals surface area contributed by atoms with E-state index >= 15 is 0 Å². The first-order valence-corrected chi connectivity index (χ1v) is 6.69. The Bertz CT molecular complexity index is 297. The summed E-state index contributed by atoms with van der Waals surface area (Å²) in [5.41, 5.74) is 0. The van der Waals surface area contributed by atoms with Gasteiger partial charge in [0.15, 0.2) is 0 Å². The van der Waals surface area contributed by atoms with Crippen molar-refractivity contribution in [2.45, 2.75) is 64.6 Å². The Hall–Kier alpha value is -1.10. The zero-order valence-corrected chi connectivity index (χ0v) is 11.5. The summed E-state index contributed by atoms with van der Waals surface area (Å²) in [6.45, 7) is 6.56. The highest BCUT2D eigenvalue weighted by atomic mass is 16.4. The maximum absolute atomic E-state index is 11.6. The zero-order valence-electron chi connectivity index (χ0n) is 11.5. The van der Waals surface area contributed by atoms with Gasteiger partial charge in [-0.25, -0.2) is 0 Å². The molecule has 3 unspecified atom stereocenters. The van der Waals surface area contributed by atoms with Crippen LogP contribution in [0.15, 0.2) is 0 Å². The highest BCUT2D eigenvalue weighted by Crippen LogP contribution is 2.22. The molecule has 2 N–H and O–H groups in total. The molecule has 1 aliphatic rings. The van der Waals surface area contributed by atoms with Gasteiger partial charge in [0.1, 0.15) is 6.04 Å². The van der Waals surface area contributed by atoms with Gasteiger partial charge >= 0.3 is 5.97 Å². The highest BCUT2D eigenvalue weighted by Gasteiger charge is 2.25. The lowest BCUT2D eigenvalue weighted by Crippen LogP contribution is -2.46. The lowest BCUT2D eigenvalue weighted by molar-refractivity contribution is -0.141. The van der Waals surface area contributed by atoms with E-state index in [0.717, 1.165) is 0 Å². The Balaban J connectivity index is 2.35. The number of nitrogens with zero attached hydrogens (tertiary/aromatic N) is 1. The van der Waals surface area contributed by atoms with Gasteiger partial charge in [0.25, 0.3) is 0 Å². The van der Waals surface area contributed by atoms with Crippen LogP contribution < -0.4 is 5.32 Å². The van der Waals surface area contributed by atoms with E-state index in [-0.39, 0.29) is 5.91 Å². The van der Waals surface area contributed by atoms with Crippen molar-refractivity contribution >= 4 is 11.9 Å². The lowest BCUT2D eigenvalue weighted by atomic mass is 9.97. The molecule has 1 saturated heterocycles. The number of piperidine rings is 1. The average molecular weight is 256 g/mol. The van der Waals surface area contributed by atoms with E-state index in [2.05, 4.69) is 24.1 Å². The summed E-state index contributed by atoms with van der Waals surface area (Å²) in [4.78, 5) is 24.6. The number of hydrogen-bond acceptors (Lipinski definition) is 3. The summed E-state index contributed by atoms with van der Waals surface area (Å²) < 4.78 is 0. The van der Waals surface area contributed by atoms with Crippen LogP contribution in [0.2, 0.25) is 0 Å². The van der Waals surface area contributed by atoms with Gasteiger partial charge < -0.3 is 10.4 Å². The fraction of sp³-hybridized carbons (Fsp3) is 0.846. The second-order valence-corrected chi connectivity index (χ2v) is 5.24. The number of likely N-dealkylation sites (tertiary alicyclic amines) is 1. The molecule has 3 atom stereocenters. The smallest absolute Gasteiger partial charge is 0.325 e. The summed E-state index contributed by atoms with van der Waals surface area (Å²) in [5, 5.41) is 11.2. The van der Waals surface area contributed by atoms with Gasteiger partial charge in [0, 0.05) is 25.0 Å². The van der Waals surface area contributed by atoms with Crippen molar-refractivity contribution in [3.63, 3.8) is 0 Å². The molecule has 5 heteroatoms. The molecule has 1 amide bonds. The van der Waals surface area contributed by atoms with E-state index in [4.69, 9.17) is 5.11 Å². The van der Waals surface area contributed by atoms with Gasteiger partial charge in [-0.15, -0.1) is 0 Å². The van der Waals surface area contributed by atoms with Gasteiger partial charge in [-0.3, -0.25) is 14.5 Å². The van der Waals surface area contributed by atoms with Crippen LogP contribution in [0.5, 0.6) is 0 Å². The number of amides is 1. The molecule has 0 radical (unpaired) electrons. The molecule has 5 nitrogen and oxygen atoms in total. The molecule has 0 saturated carbocycles. The largest absolute Gasteiger partial charge is 0.480 e. The van der Waals surface area contributed by atoms with Crippen molar-refractivity contribution in [1.29, 1.82) is 0 Å². The first-order valence-electron chi connectivity index (χ1n) is 6.69. The number of hydrogen-bond donors (Lipinski definition) is 2. The van der Waals surface area contributed by atoms with Crippen LogP contribution in [-0.2, 0) is 9.59 Å². The van der Waals surface area contributed by atoms with Gasteiger partial charge in [-0.05, 0) is 33.6 Å². The molecule has 1 aliphatic heterocycles. The Morgan fingerprint density at radius 1 is 1.33 bits per heavy atom. The summed E-state index contributed by atoms with van der Waals surface area (Å²) >= 11 is 0. The normalized spacial score (nSPS) is 26.6. The fourth-order valence-corrected chi connectivity index (χ4v) is 2.52. The number of carbonyl (C=O) groups is 2. The predicted molar refractivity (Wildman–Crippen MR) is 69.3 cm³/mol. The Kier molecular flexibility index (Phi) is 5.59. The first-order chi connectivity index (χ1) is 8.41. The van der Waals surface area contributed by atoms with E-state index in [1.807, 2.05) is 0 Å². The molecule has 18 heavy (non-hydrogen) atoms. The average Bonchev–Trinajstić information content (AvgIpc) is 2.28. The molecular weight excluding hydrogens is 232 g/mol. The number of carboxylic acids is 1. The Labute approximate surface area is 109 Å². The van der Waals surface area contributed by atoms with Crippen molar-refractivity contribution in [3.05, 3.63) is 0 Å². The van der Waals surface area contributed by atoms with Crippen molar-refractivity contribution in [1.82, 2.24) is 10.2 Å². The summed E-state index contributed by atoms with van der Waals surface area (Å²) in [6, 6.07) is 0.214. The van der Waals surface area contributed by atoms with Gasteiger partial charge in [0.05, 0.1) is 0 Å². The van der Waals surface area contributed by atoms with Crippen molar-refractivity contribution in [2.75, 3.05) is 6.54 Å². The lowest BCUT2D eigenvalue weighted by Gasteiger charge is -2.38. The van der Waals surface area contributed by atoms with Crippen LogP contribution in [-0.4, -0.2) is 46.6 Å². The molecule has 1 fully saturated rings. The van der Waals surface area contributed by atoms with Gasteiger partial charge in [-0.2, -0.15) is 0 Å². The summed E-state index contributed by atoms with van der Waals surface area (Å²) in [7, 11) is 0. The number of carboxylic acid groups (broad SMARTS) is 1. The summed E-state index contributed by atoms with van der Waals surface area (Å²) in [6.07, 6.45) is 3.97. The molecule has 0 aromatic rings. The third kappa shape index (κ3) is 4.29. The third-order valence-electron chi connectivity index (χ3n) is 3.72. The minimum atomic E-state index is -0.997. The second kappa shape index (κ2) is 6.73. The van der Waals surface area contributed by atoms with E-state index in [1.165, 1.54) is 26.2 Å². The topological polar surface area (TPSA) is 69.6 Å². The minimum Gasteiger partial charge on any atom is -0.480 e. The Morgan fingerprint density at radius 3 is 2.39 bits per heavy atom. The molecule has 1 heterocycles. The Morgan fingerprint density at radius 2 is 1.89 bits per heavy atom. The third-order valence-corrected chi connectivity index (χ3v) is 3.72. The molecule has 0 spiro atoms. The van der Waals surface area contributed by atoms with Crippen LogP contribution in [0.3, 0.4) is 0 Å². The summed E-state index contributed by atoms with van der Waals surface area (Å²) in [5.74, 6) is -1.18. The molecule has 0 aromatic heterocycles. The van der Waals surface area contributed by atoms with Crippen molar-refractivity contribution < 1.29 is 14.7 Å². The van der Waals surface area contributed by atoms with Crippen LogP contribution in [0.25, 0.3) is 0 Å². The maximum Gasteiger partial charge on any atom is 0.325 e. The van der Waals surface area contributed by atoms with Crippen LogP contribution in [0.1, 0.15) is 46.5 Å². The van der Waals surface area contributed by atoms with Crippen molar-refractivity contribution in [3.8, 4) is 0 Å². The molecule has 1 rings (SSSR count). The van der Waals surface area contributed by atoms with Crippen molar-refractivity contribution in [2.24, 2.45) is 0 Å². The molecular formula is C13H24N2O3. The molecule has 0 bridgehead atoms. The molecule has 104 valence electrons. The number of rotatable bonds is 5. The SMILES string of the molecule is CC(NC(=O)CCN1C(C)CCCC1C)C(=O)O. The molecule has 0 aromatic carbocycles. The van der Waals surface area contributed by atoms with Crippen LogP contribution >= 0.6 is 0 Å². The van der Waals surface area contributed by atoms with E-state index in [9.17, 15) is 9.59 Å². The van der Waals surface area contributed by atoms with Crippen LogP contribution in [0.4, 0.5) is 0 Å².